The van der Waals surface area contributed by atoms with E-state index in [1.165, 1.54) is 0 Å². The number of hydrogen-bond acceptors (Lipinski definition) is 3. The van der Waals surface area contributed by atoms with Crippen molar-refractivity contribution in [3.05, 3.63) is 42.2 Å². The summed E-state index contributed by atoms with van der Waals surface area (Å²) in [7, 11) is 0. The number of aromatic nitrogens is 2. The Morgan fingerprint density at radius 3 is 2.78 bits per heavy atom. The molecule has 0 radical (unpaired) electrons. The van der Waals surface area contributed by atoms with Crippen LogP contribution in [0, 0.1) is 0 Å². The van der Waals surface area contributed by atoms with Crippen molar-refractivity contribution >= 4 is 11.7 Å². The molecule has 27 heavy (non-hydrogen) atoms. The number of hydrogen-bond donors (Lipinski definition) is 1. The fourth-order valence-electron chi connectivity index (χ4n) is 2.97. The Kier molecular flexibility index (Phi) is 5.41. The van der Waals surface area contributed by atoms with Gasteiger partial charge in [0.25, 0.3) is 0 Å². The molecule has 2 atom stereocenters. The molecule has 2 amide bonds. The Morgan fingerprint density at radius 2 is 2.07 bits per heavy atom. The Balaban J connectivity index is 1.72. The Bertz CT molecular complexity index is 806. The van der Waals surface area contributed by atoms with Gasteiger partial charge in [-0.25, -0.2) is 9.48 Å². The topological polar surface area (TPSA) is 59.4 Å². The Hall–Kier alpha value is -2.55. The predicted octanol–water partition coefficient (Wildman–Crippen LogP) is 3.92. The quantitative estimate of drug-likeness (QED) is 0.856. The highest BCUT2D eigenvalue weighted by atomic mass is 19.4. The van der Waals surface area contributed by atoms with E-state index in [-0.39, 0.29) is 18.2 Å². The van der Waals surface area contributed by atoms with Crippen LogP contribution in [0.4, 0.5) is 23.7 Å². The second-order valence-electron chi connectivity index (χ2n) is 6.64. The average molecular weight is 382 g/mol. The highest BCUT2D eigenvalue weighted by Gasteiger charge is 2.32. The van der Waals surface area contributed by atoms with Crippen molar-refractivity contribution in [1.29, 1.82) is 0 Å². The number of halogens is 3. The van der Waals surface area contributed by atoms with Gasteiger partial charge in [-0.05, 0) is 38.5 Å². The van der Waals surface area contributed by atoms with Gasteiger partial charge in [-0.15, -0.1) is 0 Å². The van der Waals surface area contributed by atoms with Crippen LogP contribution in [0.1, 0.15) is 25.8 Å². The SMILES string of the molecule is C[C@@H]1CCN(C(=O)Nc2cccc(-n3cc(C(F)(F)F)cn3)c2)C[C@H](C)O1. The van der Waals surface area contributed by atoms with Crippen LogP contribution >= 0.6 is 0 Å². The van der Waals surface area contributed by atoms with Crippen LogP contribution in [0.3, 0.4) is 0 Å². The minimum atomic E-state index is -4.45. The normalized spacial score (nSPS) is 21.0. The number of urea groups is 1. The zero-order valence-electron chi connectivity index (χ0n) is 15.0. The molecule has 2 aromatic rings. The standard InChI is InChI=1S/C18H21F3N4O2/c1-12-6-7-24(10-13(2)27-12)17(26)23-15-4-3-5-16(8-15)25-11-14(9-22-25)18(19,20)21/h3-5,8-9,11-13H,6-7,10H2,1-2H3,(H,23,26)/t12-,13+/m1/s1. The summed E-state index contributed by atoms with van der Waals surface area (Å²) in [6, 6.07) is 6.25. The van der Waals surface area contributed by atoms with Crippen molar-refractivity contribution in [3.8, 4) is 5.69 Å². The van der Waals surface area contributed by atoms with Gasteiger partial charge in [-0.3, -0.25) is 0 Å². The molecule has 0 saturated carbocycles. The molecule has 0 bridgehead atoms. The third-order valence-corrected chi connectivity index (χ3v) is 4.31. The smallest absolute Gasteiger partial charge is 0.374 e. The maximum absolute atomic E-state index is 12.7. The van der Waals surface area contributed by atoms with Crippen LogP contribution in [0.15, 0.2) is 36.7 Å². The third-order valence-electron chi connectivity index (χ3n) is 4.31. The highest BCUT2D eigenvalue weighted by molar-refractivity contribution is 5.89. The molecule has 3 rings (SSSR count). The zero-order chi connectivity index (χ0) is 19.6. The monoisotopic (exact) mass is 382 g/mol. The molecule has 0 aliphatic carbocycles. The van der Waals surface area contributed by atoms with E-state index in [0.29, 0.717) is 24.5 Å². The van der Waals surface area contributed by atoms with Gasteiger partial charge >= 0.3 is 12.2 Å². The van der Waals surface area contributed by atoms with Crippen molar-refractivity contribution in [1.82, 2.24) is 14.7 Å². The molecule has 6 nitrogen and oxygen atoms in total. The number of benzene rings is 1. The number of rotatable bonds is 2. The van der Waals surface area contributed by atoms with Gasteiger partial charge in [-0.1, -0.05) is 6.07 Å². The van der Waals surface area contributed by atoms with Crippen LogP contribution in [-0.4, -0.2) is 46.0 Å². The van der Waals surface area contributed by atoms with Gasteiger partial charge in [0.15, 0.2) is 0 Å². The predicted molar refractivity (Wildman–Crippen MR) is 93.8 cm³/mol. The molecule has 1 aliphatic rings. The number of ether oxygens (including phenoxy) is 1. The van der Waals surface area contributed by atoms with Gasteiger partial charge < -0.3 is 15.0 Å². The molecule has 9 heteroatoms. The van der Waals surface area contributed by atoms with Gasteiger partial charge in [-0.2, -0.15) is 18.3 Å². The molecule has 1 aromatic heterocycles. The Labute approximate surface area is 154 Å². The molecule has 1 aromatic carbocycles. The van der Waals surface area contributed by atoms with E-state index >= 15 is 0 Å². The lowest BCUT2D eigenvalue weighted by molar-refractivity contribution is -0.137. The van der Waals surface area contributed by atoms with Crippen LogP contribution < -0.4 is 5.32 Å². The molecule has 146 valence electrons. The number of carbonyl (C=O) groups is 1. The number of amides is 2. The number of nitrogens with one attached hydrogen (secondary N) is 1. The summed E-state index contributed by atoms with van der Waals surface area (Å²) in [6.07, 6.45) is -2.01. The first-order valence-electron chi connectivity index (χ1n) is 8.66. The van der Waals surface area contributed by atoms with Crippen molar-refractivity contribution < 1.29 is 22.7 Å². The molecule has 2 heterocycles. The van der Waals surface area contributed by atoms with E-state index in [1.54, 1.807) is 29.2 Å². The summed E-state index contributed by atoms with van der Waals surface area (Å²) in [4.78, 5) is 14.2. The number of anilines is 1. The fraction of sp³-hybridized carbons (Fsp3) is 0.444. The molecule has 1 N–H and O–H groups in total. The van der Waals surface area contributed by atoms with E-state index < -0.39 is 11.7 Å². The summed E-state index contributed by atoms with van der Waals surface area (Å²) >= 11 is 0. The number of alkyl halides is 3. The minimum absolute atomic E-state index is 0.0653. The minimum Gasteiger partial charge on any atom is -0.374 e. The second kappa shape index (κ2) is 7.59. The van der Waals surface area contributed by atoms with Crippen molar-refractivity contribution in [3.63, 3.8) is 0 Å². The number of carbonyl (C=O) groups excluding carboxylic acids is 1. The summed E-state index contributed by atoms with van der Waals surface area (Å²) in [5.74, 6) is 0. The first kappa shape index (κ1) is 19.2. The molecule has 1 saturated heterocycles. The molecule has 0 unspecified atom stereocenters. The molecule has 0 spiro atoms. The lowest BCUT2D eigenvalue weighted by Crippen LogP contribution is -2.38. The van der Waals surface area contributed by atoms with Crippen LogP contribution in [-0.2, 0) is 10.9 Å². The van der Waals surface area contributed by atoms with Gasteiger partial charge in [0.1, 0.15) is 0 Å². The summed E-state index contributed by atoms with van der Waals surface area (Å²) in [5.41, 5.74) is 0.0709. The van der Waals surface area contributed by atoms with Crippen molar-refractivity contribution in [2.75, 3.05) is 18.4 Å². The molecule has 1 fully saturated rings. The van der Waals surface area contributed by atoms with Crippen LogP contribution in [0.25, 0.3) is 5.69 Å². The molecule has 1 aliphatic heterocycles. The molecular formula is C18H21F3N4O2. The van der Waals surface area contributed by atoms with Crippen molar-refractivity contribution in [2.45, 2.75) is 38.7 Å². The average Bonchev–Trinajstić information content (AvgIpc) is 3.02. The van der Waals surface area contributed by atoms with E-state index in [1.807, 2.05) is 13.8 Å². The summed E-state index contributed by atoms with van der Waals surface area (Å²) < 4.78 is 45.1. The lowest BCUT2D eigenvalue weighted by atomic mass is 10.2. The number of nitrogens with zero attached hydrogens (tertiary/aromatic N) is 3. The third kappa shape index (κ3) is 4.79. The summed E-state index contributed by atoms with van der Waals surface area (Å²) in [6.45, 7) is 4.94. The maximum Gasteiger partial charge on any atom is 0.419 e. The summed E-state index contributed by atoms with van der Waals surface area (Å²) in [5, 5.41) is 6.54. The first-order chi connectivity index (χ1) is 12.7. The van der Waals surface area contributed by atoms with E-state index in [2.05, 4.69) is 10.4 Å². The first-order valence-corrected chi connectivity index (χ1v) is 8.66. The Morgan fingerprint density at radius 1 is 1.30 bits per heavy atom. The van der Waals surface area contributed by atoms with Crippen molar-refractivity contribution in [2.24, 2.45) is 0 Å². The van der Waals surface area contributed by atoms with Gasteiger partial charge in [0.05, 0.1) is 29.7 Å². The molecular weight excluding hydrogens is 361 g/mol. The second-order valence-corrected chi connectivity index (χ2v) is 6.64. The highest BCUT2D eigenvalue weighted by Crippen LogP contribution is 2.29. The van der Waals surface area contributed by atoms with E-state index in [0.717, 1.165) is 23.5 Å². The maximum atomic E-state index is 12.7. The zero-order valence-corrected chi connectivity index (χ0v) is 15.0. The van der Waals surface area contributed by atoms with E-state index in [9.17, 15) is 18.0 Å². The largest absolute Gasteiger partial charge is 0.419 e. The van der Waals surface area contributed by atoms with Gasteiger partial charge in [0.2, 0.25) is 0 Å². The van der Waals surface area contributed by atoms with Gasteiger partial charge in [0, 0.05) is 25.0 Å². The van der Waals surface area contributed by atoms with E-state index in [4.69, 9.17) is 4.74 Å². The lowest BCUT2D eigenvalue weighted by Gasteiger charge is -2.22. The fourth-order valence-corrected chi connectivity index (χ4v) is 2.97. The van der Waals surface area contributed by atoms with Crippen LogP contribution in [0.2, 0.25) is 0 Å². The van der Waals surface area contributed by atoms with Crippen LogP contribution in [0.5, 0.6) is 0 Å².